The summed E-state index contributed by atoms with van der Waals surface area (Å²) in [6, 6.07) is 6.20. The van der Waals surface area contributed by atoms with Gasteiger partial charge in [-0.3, -0.25) is 5.32 Å². The molecule has 1 rings (SSSR count). The molecule has 0 saturated heterocycles. The van der Waals surface area contributed by atoms with Gasteiger partial charge in [-0.25, -0.2) is 4.79 Å². The maximum absolute atomic E-state index is 11.2. The average molecular weight is 209 g/mol. The number of carbonyl (C=O) groups is 1. The Morgan fingerprint density at radius 3 is 2.53 bits per heavy atom. The lowest BCUT2D eigenvalue weighted by atomic mass is 10.2. The van der Waals surface area contributed by atoms with Crippen LogP contribution in [0.4, 0.5) is 10.5 Å². The van der Waals surface area contributed by atoms with E-state index in [2.05, 4.69) is 5.32 Å². The molecule has 15 heavy (non-hydrogen) atoms. The molecule has 82 valence electrons. The van der Waals surface area contributed by atoms with Crippen molar-refractivity contribution in [2.75, 3.05) is 11.9 Å². The van der Waals surface area contributed by atoms with Crippen LogP contribution in [0.2, 0.25) is 0 Å². The monoisotopic (exact) mass is 209 g/mol. The molecule has 2 N–H and O–H groups in total. The molecule has 1 aromatic carbocycles. The van der Waals surface area contributed by atoms with E-state index in [0.29, 0.717) is 18.2 Å². The molecule has 0 aliphatic rings. The van der Waals surface area contributed by atoms with Gasteiger partial charge in [0.15, 0.2) is 0 Å². The van der Waals surface area contributed by atoms with Gasteiger partial charge in [0.2, 0.25) is 0 Å². The topological polar surface area (TPSA) is 58.6 Å². The molecule has 0 fully saturated rings. The highest BCUT2D eigenvalue weighted by atomic mass is 16.5. The summed E-state index contributed by atoms with van der Waals surface area (Å²) in [7, 11) is 0. The second kappa shape index (κ2) is 5.24. The van der Waals surface area contributed by atoms with Crippen molar-refractivity contribution in [2.24, 2.45) is 5.92 Å². The number of benzene rings is 1. The number of rotatable bonds is 3. The van der Waals surface area contributed by atoms with Crippen molar-refractivity contribution in [3.05, 3.63) is 24.3 Å². The van der Waals surface area contributed by atoms with Crippen LogP contribution in [0.25, 0.3) is 0 Å². The van der Waals surface area contributed by atoms with Gasteiger partial charge in [0.05, 0.1) is 6.61 Å². The highest BCUT2D eigenvalue weighted by Crippen LogP contribution is 2.13. The lowest BCUT2D eigenvalue weighted by Crippen LogP contribution is -2.16. The Morgan fingerprint density at radius 2 is 2.00 bits per heavy atom. The van der Waals surface area contributed by atoms with Crippen LogP contribution < -0.4 is 5.32 Å². The number of ether oxygens (including phenoxy) is 1. The van der Waals surface area contributed by atoms with Gasteiger partial charge >= 0.3 is 6.09 Å². The number of nitrogens with one attached hydrogen (secondary N) is 1. The lowest BCUT2D eigenvalue weighted by Gasteiger charge is -2.08. The largest absolute Gasteiger partial charge is 0.508 e. The third kappa shape index (κ3) is 4.35. The number of hydrogen-bond acceptors (Lipinski definition) is 3. The third-order valence-corrected chi connectivity index (χ3v) is 1.66. The van der Waals surface area contributed by atoms with E-state index >= 15 is 0 Å². The number of hydrogen-bond donors (Lipinski definition) is 2. The van der Waals surface area contributed by atoms with Crippen LogP contribution in [0, 0.1) is 5.92 Å². The Bertz CT molecular complexity index is 319. The van der Waals surface area contributed by atoms with Crippen LogP contribution in [0.5, 0.6) is 5.75 Å². The first-order chi connectivity index (χ1) is 7.08. The summed E-state index contributed by atoms with van der Waals surface area (Å²) in [5.74, 6) is 0.478. The molecular weight excluding hydrogens is 194 g/mol. The maximum atomic E-state index is 11.2. The molecule has 1 aromatic rings. The van der Waals surface area contributed by atoms with Gasteiger partial charge in [-0.15, -0.1) is 0 Å². The smallest absolute Gasteiger partial charge is 0.411 e. The summed E-state index contributed by atoms with van der Waals surface area (Å²) < 4.78 is 4.93. The van der Waals surface area contributed by atoms with E-state index < -0.39 is 6.09 Å². The molecule has 0 aromatic heterocycles. The Balaban J connectivity index is 2.41. The lowest BCUT2D eigenvalue weighted by molar-refractivity contribution is 0.147. The van der Waals surface area contributed by atoms with Crippen molar-refractivity contribution in [2.45, 2.75) is 13.8 Å². The zero-order valence-electron chi connectivity index (χ0n) is 8.86. The third-order valence-electron chi connectivity index (χ3n) is 1.66. The zero-order chi connectivity index (χ0) is 11.3. The fraction of sp³-hybridized carbons (Fsp3) is 0.364. The SMILES string of the molecule is CC(C)COC(=O)Nc1ccc(O)cc1. The highest BCUT2D eigenvalue weighted by molar-refractivity contribution is 5.84. The molecule has 0 bridgehead atoms. The second-order valence-corrected chi connectivity index (χ2v) is 3.66. The molecule has 0 aliphatic heterocycles. The molecule has 4 heteroatoms. The molecule has 0 heterocycles. The Hall–Kier alpha value is -1.71. The Labute approximate surface area is 88.9 Å². The molecule has 1 amide bonds. The quantitative estimate of drug-likeness (QED) is 0.752. The van der Waals surface area contributed by atoms with Crippen molar-refractivity contribution in [1.82, 2.24) is 0 Å². The molecule has 0 saturated carbocycles. The summed E-state index contributed by atoms with van der Waals surface area (Å²) in [4.78, 5) is 11.2. The molecule has 0 aliphatic carbocycles. The fourth-order valence-electron chi connectivity index (χ4n) is 0.941. The van der Waals surface area contributed by atoms with Gasteiger partial charge in [0, 0.05) is 5.69 Å². The van der Waals surface area contributed by atoms with Gasteiger partial charge in [0.1, 0.15) is 5.75 Å². The van der Waals surface area contributed by atoms with Crippen LogP contribution in [-0.4, -0.2) is 17.8 Å². The molecule has 0 atom stereocenters. The van der Waals surface area contributed by atoms with E-state index in [1.165, 1.54) is 12.1 Å². The molecule has 0 unspecified atom stereocenters. The van der Waals surface area contributed by atoms with E-state index in [4.69, 9.17) is 9.84 Å². The van der Waals surface area contributed by atoms with Crippen molar-refractivity contribution in [3.63, 3.8) is 0 Å². The summed E-state index contributed by atoms with van der Waals surface area (Å²) in [6.07, 6.45) is -0.477. The van der Waals surface area contributed by atoms with Gasteiger partial charge in [0.25, 0.3) is 0 Å². The summed E-state index contributed by atoms with van der Waals surface area (Å²) >= 11 is 0. The molecule has 4 nitrogen and oxygen atoms in total. The number of amides is 1. The van der Waals surface area contributed by atoms with E-state index in [-0.39, 0.29) is 5.75 Å². The minimum atomic E-state index is -0.477. The summed E-state index contributed by atoms with van der Waals surface area (Å²) in [5.41, 5.74) is 0.599. The molecule has 0 radical (unpaired) electrons. The first kappa shape index (κ1) is 11.4. The summed E-state index contributed by atoms with van der Waals surface area (Å²) in [5, 5.41) is 11.6. The first-order valence-corrected chi connectivity index (χ1v) is 4.80. The van der Waals surface area contributed by atoms with Gasteiger partial charge in [-0.2, -0.15) is 0 Å². The van der Waals surface area contributed by atoms with E-state index in [1.54, 1.807) is 12.1 Å². The second-order valence-electron chi connectivity index (χ2n) is 3.66. The minimum absolute atomic E-state index is 0.163. The van der Waals surface area contributed by atoms with E-state index in [1.807, 2.05) is 13.8 Å². The van der Waals surface area contributed by atoms with Crippen LogP contribution in [0.3, 0.4) is 0 Å². The predicted molar refractivity (Wildman–Crippen MR) is 57.9 cm³/mol. The van der Waals surface area contributed by atoms with Crippen molar-refractivity contribution in [3.8, 4) is 5.75 Å². The van der Waals surface area contributed by atoms with E-state index in [0.717, 1.165) is 0 Å². The summed E-state index contributed by atoms with van der Waals surface area (Å²) in [6.45, 7) is 4.32. The average Bonchev–Trinajstić information content (AvgIpc) is 2.19. The van der Waals surface area contributed by atoms with Crippen LogP contribution >= 0.6 is 0 Å². The Morgan fingerprint density at radius 1 is 1.40 bits per heavy atom. The Kier molecular flexibility index (Phi) is 3.97. The van der Waals surface area contributed by atoms with Crippen LogP contribution in [0.1, 0.15) is 13.8 Å². The fourth-order valence-corrected chi connectivity index (χ4v) is 0.941. The van der Waals surface area contributed by atoms with E-state index in [9.17, 15) is 4.79 Å². The van der Waals surface area contributed by atoms with Crippen LogP contribution in [-0.2, 0) is 4.74 Å². The number of phenolic OH excluding ortho intramolecular Hbond substituents is 1. The molecule has 0 spiro atoms. The van der Waals surface area contributed by atoms with Gasteiger partial charge in [-0.05, 0) is 30.2 Å². The molecular formula is C11H15NO3. The van der Waals surface area contributed by atoms with Gasteiger partial charge < -0.3 is 9.84 Å². The standard InChI is InChI=1S/C11H15NO3/c1-8(2)7-15-11(14)12-9-3-5-10(13)6-4-9/h3-6,8,13H,7H2,1-2H3,(H,12,14). The maximum Gasteiger partial charge on any atom is 0.411 e. The first-order valence-electron chi connectivity index (χ1n) is 4.80. The number of aromatic hydroxyl groups is 1. The van der Waals surface area contributed by atoms with Crippen LogP contribution in [0.15, 0.2) is 24.3 Å². The van der Waals surface area contributed by atoms with Crippen molar-refractivity contribution < 1.29 is 14.6 Å². The van der Waals surface area contributed by atoms with Crippen molar-refractivity contribution >= 4 is 11.8 Å². The van der Waals surface area contributed by atoms with Gasteiger partial charge in [-0.1, -0.05) is 13.8 Å². The number of phenols is 1. The highest BCUT2D eigenvalue weighted by Gasteiger charge is 2.03. The predicted octanol–water partition coefficient (Wildman–Crippen LogP) is 2.60. The minimum Gasteiger partial charge on any atom is -0.508 e. The van der Waals surface area contributed by atoms with Crippen molar-refractivity contribution in [1.29, 1.82) is 0 Å². The number of anilines is 1. The number of carbonyl (C=O) groups excluding carboxylic acids is 1. The normalized spacial score (nSPS) is 10.1. The zero-order valence-corrected chi connectivity index (χ0v) is 8.86.